The fourth-order valence-electron chi connectivity index (χ4n) is 3.42. The number of carbonyl (C=O) groups is 2. The molecule has 1 N–H and O–H groups in total. The van der Waals surface area contributed by atoms with E-state index < -0.39 is 5.41 Å². The lowest BCUT2D eigenvalue weighted by Crippen LogP contribution is -2.46. The predicted molar refractivity (Wildman–Crippen MR) is 89.8 cm³/mol. The van der Waals surface area contributed by atoms with Gasteiger partial charge in [-0.25, -0.2) is 4.39 Å². The largest absolute Gasteiger partial charge is 0.355 e. The molecule has 0 atom stereocenters. The second kappa shape index (κ2) is 7.32. The molecule has 0 radical (unpaired) electrons. The van der Waals surface area contributed by atoms with Crippen molar-refractivity contribution in [3.8, 4) is 0 Å². The first-order chi connectivity index (χ1) is 11.6. The highest BCUT2D eigenvalue weighted by Gasteiger charge is 2.57. The van der Waals surface area contributed by atoms with Gasteiger partial charge in [0.15, 0.2) is 0 Å². The Bertz CT molecular complexity index is 605. The summed E-state index contributed by atoms with van der Waals surface area (Å²) in [5.74, 6) is -0.450. The number of carbonyl (C=O) groups excluding carboxylic acids is 2. The van der Waals surface area contributed by atoms with Gasteiger partial charge in [-0.15, -0.1) is 0 Å². The second-order valence-corrected chi connectivity index (χ2v) is 6.89. The van der Waals surface area contributed by atoms with Crippen molar-refractivity contribution >= 4 is 11.8 Å². The molecule has 1 saturated heterocycles. The fraction of sp³-hybridized carbons (Fsp3) is 0.579. The minimum Gasteiger partial charge on any atom is -0.355 e. The van der Waals surface area contributed by atoms with E-state index in [4.69, 9.17) is 0 Å². The van der Waals surface area contributed by atoms with E-state index in [0.717, 1.165) is 38.8 Å². The zero-order valence-electron chi connectivity index (χ0n) is 14.0. The first kappa shape index (κ1) is 16.9. The summed E-state index contributed by atoms with van der Waals surface area (Å²) in [7, 11) is 0. The van der Waals surface area contributed by atoms with E-state index in [-0.39, 0.29) is 17.6 Å². The number of hydrogen-bond acceptors (Lipinski definition) is 2. The van der Waals surface area contributed by atoms with Gasteiger partial charge in [0, 0.05) is 19.6 Å². The van der Waals surface area contributed by atoms with Gasteiger partial charge in [-0.3, -0.25) is 9.59 Å². The third kappa shape index (κ3) is 3.60. The third-order valence-electron chi connectivity index (χ3n) is 5.13. The SMILES string of the molecule is O=C(NCCc1ccccc1F)C1(C(=O)N2CCCCCC2)CC1. The molecule has 1 aromatic carbocycles. The number of likely N-dealkylation sites (tertiary alicyclic amines) is 1. The molecule has 130 valence electrons. The first-order valence-corrected chi connectivity index (χ1v) is 8.94. The Morgan fingerprint density at radius 1 is 1.08 bits per heavy atom. The van der Waals surface area contributed by atoms with Gasteiger partial charge in [-0.05, 0) is 43.7 Å². The fourth-order valence-corrected chi connectivity index (χ4v) is 3.42. The summed E-state index contributed by atoms with van der Waals surface area (Å²) in [4.78, 5) is 27.2. The number of nitrogens with zero attached hydrogens (tertiary/aromatic N) is 1. The van der Waals surface area contributed by atoms with Gasteiger partial charge in [-0.2, -0.15) is 0 Å². The van der Waals surface area contributed by atoms with Crippen LogP contribution in [-0.4, -0.2) is 36.3 Å². The van der Waals surface area contributed by atoms with E-state index in [1.807, 2.05) is 4.90 Å². The standard InChI is InChI=1S/C19H25FN2O2/c20-16-8-4-3-7-15(16)9-12-21-17(23)19(10-11-19)18(24)22-13-5-1-2-6-14-22/h3-4,7-8H,1-2,5-6,9-14H2,(H,21,23). The van der Waals surface area contributed by atoms with Gasteiger partial charge in [0.2, 0.25) is 11.8 Å². The lowest BCUT2D eigenvalue weighted by atomic mass is 10.0. The Labute approximate surface area is 142 Å². The number of amides is 2. The van der Waals surface area contributed by atoms with Crippen LogP contribution in [0.5, 0.6) is 0 Å². The molecule has 3 rings (SSSR count). The molecule has 4 nitrogen and oxygen atoms in total. The van der Waals surface area contributed by atoms with Crippen molar-refractivity contribution in [1.29, 1.82) is 0 Å². The van der Waals surface area contributed by atoms with Crippen molar-refractivity contribution in [1.82, 2.24) is 10.2 Å². The van der Waals surface area contributed by atoms with Gasteiger partial charge < -0.3 is 10.2 Å². The average molecular weight is 332 g/mol. The molecule has 5 heteroatoms. The maximum Gasteiger partial charge on any atom is 0.238 e. The summed E-state index contributed by atoms with van der Waals surface area (Å²) in [5, 5.41) is 2.84. The van der Waals surface area contributed by atoms with E-state index in [2.05, 4.69) is 5.32 Å². The van der Waals surface area contributed by atoms with Crippen molar-refractivity contribution in [2.24, 2.45) is 5.41 Å². The summed E-state index contributed by atoms with van der Waals surface area (Å²) < 4.78 is 13.6. The Morgan fingerprint density at radius 2 is 1.75 bits per heavy atom. The summed E-state index contributed by atoms with van der Waals surface area (Å²) in [6, 6.07) is 6.57. The summed E-state index contributed by atoms with van der Waals surface area (Å²) in [6.07, 6.45) is 6.07. The van der Waals surface area contributed by atoms with E-state index in [0.29, 0.717) is 31.4 Å². The molecule has 1 aromatic rings. The Morgan fingerprint density at radius 3 is 2.38 bits per heavy atom. The van der Waals surface area contributed by atoms with E-state index in [9.17, 15) is 14.0 Å². The number of rotatable bonds is 5. The zero-order valence-corrected chi connectivity index (χ0v) is 14.0. The molecule has 0 unspecified atom stereocenters. The van der Waals surface area contributed by atoms with Crippen LogP contribution in [0.25, 0.3) is 0 Å². The topological polar surface area (TPSA) is 49.4 Å². The predicted octanol–water partition coefficient (Wildman–Crippen LogP) is 2.67. The Hall–Kier alpha value is -1.91. The van der Waals surface area contributed by atoms with Crippen LogP contribution in [0.15, 0.2) is 24.3 Å². The van der Waals surface area contributed by atoms with Crippen LogP contribution in [-0.2, 0) is 16.0 Å². The average Bonchev–Trinajstić information content (AvgIpc) is 3.41. The lowest BCUT2D eigenvalue weighted by molar-refractivity contribution is -0.144. The van der Waals surface area contributed by atoms with Gasteiger partial charge in [0.25, 0.3) is 0 Å². The van der Waals surface area contributed by atoms with Crippen LogP contribution in [0.4, 0.5) is 4.39 Å². The summed E-state index contributed by atoms with van der Waals surface area (Å²) in [5.41, 5.74) is -0.263. The van der Waals surface area contributed by atoms with Crippen LogP contribution in [0.1, 0.15) is 44.1 Å². The van der Waals surface area contributed by atoms with Crippen molar-refractivity contribution in [2.75, 3.05) is 19.6 Å². The highest BCUT2D eigenvalue weighted by Crippen LogP contribution is 2.47. The molecular formula is C19H25FN2O2. The van der Waals surface area contributed by atoms with E-state index in [1.54, 1.807) is 18.2 Å². The maximum absolute atomic E-state index is 13.6. The molecule has 1 heterocycles. The highest BCUT2D eigenvalue weighted by molar-refractivity contribution is 6.07. The molecule has 2 aliphatic rings. The van der Waals surface area contributed by atoms with E-state index in [1.165, 1.54) is 6.07 Å². The molecule has 0 spiro atoms. The van der Waals surface area contributed by atoms with Crippen molar-refractivity contribution in [3.05, 3.63) is 35.6 Å². The summed E-state index contributed by atoms with van der Waals surface area (Å²) >= 11 is 0. The molecule has 0 bridgehead atoms. The van der Waals surface area contributed by atoms with Crippen LogP contribution >= 0.6 is 0 Å². The molecule has 0 aromatic heterocycles. The minimum absolute atomic E-state index is 0.00667. The van der Waals surface area contributed by atoms with Crippen LogP contribution in [0.3, 0.4) is 0 Å². The molecular weight excluding hydrogens is 307 g/mol. The monoisotopic (exact) mass is 332 g/mol. The van der Waals surface area contributed by atoms with Gasteiger partial charge >= 0.3 is 0 Å². The third-order valence-corrected chi connectivity index (χ3v) is 5.13. The molecule has 1 aliphatic heterocycles. The number of halogens is 1. The normalized spacial score (nSPS) is 19.5. The Kier molecular flexibility index (Phi) is 5.17. The van der Waals surface area contributed by atoms with Crippen LogP contribution in [0.2, 0.25) is 0 Å². The number of benzene rings is 1. The van der Waals surface area contributed by atoms with Crippen molar-refractivity contribution < 1.29 is 14.0 Å². The van der Waals surface area contributed by atoms with Crippen LogP contribution < -0.4 is 5.32 Å². The minimum atomic E-state index is -0.848. The Balaban J connectivity index is 1.54. The molecule has 2 fully saturated rings. The van der Waals surface area contributed by atoms with Gasteiger partial charge in [0.05, 0.1) is 0 Å². The van der Waals surface area contributed by atoms with E-state index >= 15 is 0 Å². The molecule has 2 amide bonds. The van der Waals surface area contributed by atoms with Gasteiger partial charge in [0.1, 0.15) is 11.2 Å². The van der Waals surface area contributed by atoms with Crippen molar-refractivity contribution in [2.45, 2.75) is 44.9 Å². The lowest BCUT2D eigenvalue weighted by Gasteiger charge is -2.25. The molecule has 1 saturated carbocycles. The highest BCUT2D eigenvalue weighted by atomic mass is 19.1. The molecule has 1 aliphatic carbocycles. The summed E-state index contributed by atoms with van der Waals surface area (Å²) in [6.45, 7) is 1.89. The van der Waals surface area contributed by atoms with Crippen molar-refractivity contribution in [3.63, 3.8) is 0 Å². The number of nitrogens with one attached hydrogen (secondary N) is 1. The molecule has 24 heavy (non-hydrogen) atoms. The first-order valence-electron chi connectivity index (χ1n) is 8.94. The smallest absolute Gasteiger partial charge is 0.238 e. The quantitative estimate of drug-likeness (QED) is 0.843. The van der Waals surface area contributed by atoms with Gasteiger partial charge in [-0.1, -0.05) is 31.0 Å². The maximum atomic E-state index is 13.6. The zero-order chi connectivity index (χ0) is 17.0. The second-order valence-electron chi connectivity index (χ2n) is 6.89. The van der Waals surface area contributed by atoms with Crippen LogP contribution in [0, 0.1) is 11.2 Å². The number of hydrogen-bond donors (Lipinski definition) is 1.